The van der Waals surface area contributed by atoms with Crippen molar-refractivity contribution in [3.8, 4) is 0 Å². The molecule has 0 radical (unpaired) electrons. The van der Waals surface area contributed by atoms with Crippen LogP contribution in [0.5, 0.6) is 0 Å². The molecule has 3 aliphatic rings. The van der Waals surface area contributed by atoms with Crippen molar-refractivity contribution >= 4 is 22.0 Å². The summed E-state index contributed by atoms with van der Waals surface area (Å²) in [7, 11) is -2.45. The summed E-state index contributed by atoms with van der Waals surface area (Å²) >= 11 is 3.49. The topological polar surface area (TPSA) is 56.8 Å². The van der Waals surface area contributed by atoms with Gasteiger partial charge in [-0.2, -0.15) is 0 Å². The van der Waals surface area contributed by atoms with Gasteiger partial charge in [-0.3, -0.25) is 0 Å². The van der Waals surface area contributed by atoms with Crippen molar-refractivity contribution < 1.29 is 16.3 Å². The van der Waals surface area contributed by atoms with Crippen LogP contribution >= 0.6 is 15.9 Å². The highest BCUT2D eigenvalue weighted by molar-refractivity contribution is 9.10. The summed E-state index contributed by atoms with van der Waals surface area (Å²) in [5, 5.41) is 0. The van der Waals surface area contributed by atoms with Gasteiger partial charge in [-0.1, -0.05) is 28.9 Å². The Kier molecular flexibility index (Phi) is 2.43. The first kappa shape index (κ1) is 10.7. The third-order valence-corrected chi connectivity index (χ3v) is 6.24. The first-order valence-electron chi connectivity index (χ1n) is 10.4. The van der Waals surface area contributed by atoms with Crippen molar-refractivity contribution in [3.05, 3.63) is 33.8 Å². The molecule has 0 amide bonds. The lowest BCUT2D eigenvalue weighted by molar-refractivity contribution is -0.0445. The largest absolute Gasteiger partial charge is 0.462 e. The molecular formula is C18H23BrN2O2. The number of rotatable bonds is 1. The molecule has 2 spiro atoms. The van der Waals surface area contributed by atoms with Crippen molar-refractivity contribution in [2.75, 3.05) is 13.6 Å². The van der Waals surface area contributed by atoms with E-state index in [1.165, 1.54) is 0 Å². The fraction of sp³-hybridized carbons (Fsp3) is 0.611. The number of benzene rings is 1. The number of halogens is 1. The van der Waals surface area contributed by atoms with E-state index in [9.17, 15) is 0 Å². The summed E-state index contributed by atoms with van der Waals surface area (Å²) in [5.74, 6) is -0.0726. The van der Waals surface area contributed by atoms with Gasteiger partial charge in [0.1, 0.15) is 12.1 Å². The highest BCUT2D eigenvalue weighted by Gasteiger charge is 2.62. The number of ether oxygens (including phenoxy) is 2. The molecule has 1 aromatic carbocycles. The van der Waals surface area contributed by atoms with Crippen molar-refractivity contribution in [1.82, 2.24) is 0 Å². The van der Waals surface area contributed by atoms with Crippen LogP contribution < -0.4 is 5.73 Å². The van der Waals surface area contributed by atoms with Gasteiger partial charge in [0.2, 0.25) is 0 Å². The van der Waals surface area contributed by atoms with E-state index in [1.807, 2.05) is 25.1 Å². The summed E-state index contributed by atoms with van der Waals surface area (Å²) in [6.07, 6.45) is 1.89. The summed E-state index contributed by atoms with van der Waals surface area (Å²) < 4.78 is 51.2. The average Bonchev–Trinajstić information content (AvgIpc) is 2.94. The lowest BCUT2D eigenvalue weighted by Gasteiger charge is -2.47. The molecule has 0 bridgehead atoms. The number of hydrogen-bond donors (Lipinski definition) is 1. The van der Waals surface area contributed by atoms with Crippen LogP contribution in [0.2, 0.25) is 0 Å². The second-order valence-electron chi connectivity index (χ2n) is 7.00. The van der Waals surface area contributed by atoms with Gasteiger partial charge >= 0.3 is 0 Å². The van der Waals surface area contributed by atoms with E-state index in [1.54, 1.807) is 0 Å². The van der Waals surface area contributed by atoms with Crippen molar-refractivity contribution in [2.45, 2.75) is 44.2 Å². The zero-order valence-electron chi connectivity index (χ0n) is 17.9. The average molecular weight is 384 g/mol. The van der Waals surface area contributed by atoms with Crippen LogP contribution in [0.25, 0.3) is 0 Å². The van der Waals surface area contributed by atoms with Gasteiger partial charge in [0.15, 0.2) is 0 Å². The number of amidine groups is 1. The number of fused-ring (bicyclic) bond motifs is 3. The lowest BCUT2D eigenvalue weighted by atomic mass is 9.59. The Morgan fingerprint density at radius 2 is 2.43 bits per heavy atom. The van der Waals surface area contributed by atoms with Crippen LogP contribution in [0.1, 0.15) is 44.2 Å². The highest BCUT2D eigenvalue weighted by atomic mass is 79.9. The maximum atomic E-state index is 8.70. The molecule has 4 rings (SSSR count). The van der Waals surface area contributed by atoms with Gasteiger partial charge in [0.05, 0.1) is 13.0 Å². The molecule has 124 valence electrons. The Bertz CT molecular complexity index is 846. The number of nitrogens with two attached hydrogens (primary N) is 1. The Balaban J connectivity index is 1.80. The lowest BCUT2D eigenvalue weighted by Crippen LogP contribution is -2.48. The molecule has 1 fully saturated rings. The van der Waals surface area contributed by atoms with Gasteiger partial charge in [0, 0.05) is 16.9 Å². The third-order valence-electron chi connectivity index (χ3n) is 5.75. The molecule has 1 aliphatic heterocycles. The maximum absolute atomic E-state index is 8.70. The van der Waals surface area contributed by atoms with Gasteiger partial charge < -0.3 is 15.2 Å². The molecular weight excluding hydrogens is 356 g/mol. The van der Waals surface area contributed by atoms with Crippen LogP contribution in [0.4, 0.5) is 0 Å². The first-order chi connectivity index (χ1) is 12.9. The molecule has 0 aromatic heterocycles. The van der Waals surface area contributed by atoms with E-state index in [2.05, 4.69) is 20.9 Å². The normalized spacial score (nSPS) is 44.6. The van der Waals surface area contributed by atoms with E-state index in [-0.39, 0.29) is 11.9 Å². The summed E-state index contributed by atoms with van der Waals surface area (Å²) in [4.78, 5) is 4.59. The van der Waals surface area contributed by atoms with Crippen LogP contribution in [0.15, 0.2) is 27.7 Å². The molecule has 1 saturated carbocycles. The third kappa shape index (κ3) is 2.09. The predicted molar refractivity (Wildman–Crippen MR) is 93.3 cm³/mol. The van der Waals surface area contributed by atoms with Crippen molar-refractivity contribution in [1.29, 1.82) is 0 Å². The van der Waals surface area contributed by atoms with Crippen LogP contribution in [0, 0.1) is 11.3 Å². The van der Waals surface area contributed by atoms with Gasteiger partial charge in [-0.05, 0) is 54.9 Å². The van der Waals surface area contributed by atoms with E-state index < -0.39 is 30.7 Å². The standard InChI is InChI=1S/C18H23BrN2O2/c1-11-8-17(6-5-15(11)22-2)9-12-3-4-13(19)7-14(12)18(17)10-23-16(20)21-18/h3-4,7,11,15H,5-6,8-10H2,1-2H3,(H2,20,21)/t11-,15-,17-,18+/m1/s1/i2D3,10D2. The zero-order chi connectivity index (χ0) is 20.5. The second-order valence-corrected chi connectivity index (χ2v) is 7.92. The Hall–Kier alpha value is -1.07. The number of hydrogen-bond acceptors (Lipinski definition) is 4. The molecule has 2 N–H and O–H groups in total. The summed E-state index contributed by atoms with van der Waals surface area (Å²) in [6, 6.07) is 5.69. The smallest absolute Gasteiger partial charge is 0.283 e. The van der Waals surface area contributed by atoms with Gasteiger partial charge in [0.25, 0.3) is 6.02 Å². The minimum absolute atomic E-state index is 0.0726. The second kappa shape index (κ2) is 5.21. The molecule has 23 heavy (non-hydrogen) atoms. The van der Waals surface area contributed by atoms with Crippen molar-refractivity contribution in [3.63, 3.8) is 0 Å². The minimum atomic E-state index is -2.45. The Morgan fingerprint density at radius 1 is 1.57 bits per heavy atom. The number of aliphatic imine (C=N–C) groups is 1. The van der Waals surface area contributed by atoms with Crippen LogP contribution in [0.3, 0.4) is 0 Å². The van der Waals surface area contributed by atoms with E-state index in [4.69, 9.17) is 22.1 Å². The van der Waals surface area contributed by atoms with Crippen molar-refractivity contribution in [2.24, 2.45) is 22.1 Å². The van der Waals surface area contributed by atoms with Crippen LogP contribution in [-0.2, 0) is 21.4 Å². The van der Waals surface area contributed by atoms with E-state index >= 15 is 0 Å². The Morgan fingerprint density at radius 3 is 3.13 bits per heavy atom. The SMILES string of the molecule is [2H]C([2H])([2H])O[C@@H]1CC[C@]2(Cc3ccc(Br)cc3[C@]23N=C(N)OC3([2H])[2H])C[C@H]1C. The maximum Gasteiger partial charge on any atom is 0.283 e. The highest BCUT2D eigenvalue weighted by Crippen LogP contribution is 2.62. The van der Waals surface area contributed by atoms with E-state index in [0.29, 0.717) is 25.7 Å². The number of nitrogens with zero attached hydrogens (tertiary/aromatic N) is 1. The van der Waals surface area contributed by atoms with Gasteiger partial charge in [-0.15, -0.1) is 0 Å². The van der Waals surface area contributed by atoms with Gasteiger partial charge in [-0.25, -0.2) is 4.99 Å². The monoisotopic (exact) mass is 383 g/mol. The first-order valence-corrected chi connectivity index (χ1v) is 8.70. The minimum Gasteiger partial charge on any atom is -0.462 e. The molecule has 1 heterocycles. The fourth-order valence-electron chi connectivity index (χ4n) is 4.71. The molecule has 5 heteroatoms. The molecule has 1 aromatic rings. The summed E-state index contributed by atoms with van der Waals surface area (Å²) in [6.45, 7) is -0.136. The molecule has 4 nitrogen and oxygen atoms in total. The quantitative estimate of drug-likeness (QED) is 0.808. The Labute approximate surface area is 152 Å². The fourth-order valence-corrected chi connectivity index (χ4v) is 5.08. The molecule has 0 saturated heterocycles. The molecule has 4 atom stereocenters. The zero-order valence-corrected chi connectivity index (χ0v) is 14.5. The summed E-state index contributed by atoms with van der Waals surface area (Å²) in [5.41, 5.74) is 5.86. The van der Waals surface area contributed by atoms with Crippen LogP contribution in [-0.4, -0.2) is 25.7 Å². The predicted octanol–water partition coefficient (Wildman–Crippen LogP) is 3.37. The van der Waals surface area contributed by atoms with E-state index in [0.717, 1.165) is 15.6 Å². The number of methoxy groups -OCH3 is 1. The molecule has 2 aliphatic carbocycles. The molecule has 0 unspecified atom stereocenters.